The Bertz CT molecular complexity index is 668. The molecule has 2 aromatic heterocycles. The second-order valence-corrected chi connectivity index (χ2v) is 5.77. The maximum absolute atomic E-state index is 12.3. The Morgan fingerprint density at radius 2 is 2.32 bits per heavy atom. The molecule has 22 heavy (non-hydrogen) atoms. The first-order chi connectivity index (χ1) is 10.8. The van der Waals surface area contributed by atoms with E-state index in [2.05, 4.69) is 15.5 Å². The molecule has 2 fully saturated rings. The highest BCUT2D eigenvalue weighted by atomic mass is 16.5. The zero-order valence-electron chi connectivity index (χ0n) is 12.2. The van der Waals surface area contributed by atoms with E-state index < -0.39 is 0 Å². The first kappa shape index (κ1) is 13.5. The van der Waals surface area contributed by atoms with Gasteiger partial charge in [-0.15, -0.1) is 0 Å². The molecule has 7 nitrogen and oxygen atoms in total. The lowest BCUT2D eigenvalue weighted by molar-refractivity contribution is 0.0835. The van der Waals surface area contributed by atoms with Gasteiger partial charge in [-0.05, 0) is 37.8 Å². The summed E-state index contributed by atoms with van der Waals surface area (Å²) < 4.78 is 12.7. The molecular formula is C15H18N4O3. The molecule has 1 amide bonds. The number of nitrogens with one attached hydrogen (secondary N) is 1. The summed E-state index contributed by atoms with van der Waals surface area (Å²) in [6, 6.07) is 4.21. The van der Waals surface area contributed by atoms with Crippen molar-refractivity contribution in [2.75, 3.05) is 6.61 Å². The minimum atomic E-state index is -0.111. The van der Waals surface area contributed by atoms with E-state index in [4.69, 9.17) is 9.26 Å². The van der Waals surface area contributed by atoms with Crippen LogP contribution in [-0.4, -0.2) is 27.2 Å². The average molecular weight is 302 g/mol. The van der Waals surface area contributed by atoms with E-state index in [0.717, 1.165) is 32.3 Å². The number of amides is 1. The number of hydrogen-bond donors (Lipinski definition) is 1. The maximum Gasteiger partial charge on any atom is 0.268 e. The van der Waals surface area contributed by atoms with Gasteiger partial charge in [0.25, 0.3) is 11.8 Å². The van der Waals surface area contributed by atoms with Crippen LogP contribution in [0.3, 0.4) is 0 Å². The van der Waals surface area contributed by atoms with E-state index in [-0.39, 0.29) is 18.6 Å². The summed E-state index contributed by atoms with van der Waals surface area (Å²) in [6.07, 6.45) is 6.06. The van der Waals surface area contributed by atoms with Gasteiger partial charge in [0.2, 0.25) is 0 Å². The molecule has 0 spiro atoms. The molecule has 1 unspecified atom stereocenters. The molecule has 1 N–H and O–H groups in total. The molecule has 1 atom stereocenters. The maximum atomic E-state index is 12.3. The Morgan fingerprint density at radius 3 is 3.09 bits per heavy atom. The van der Waals surface area contributed by atoms with E-state index in [0.29, 0.717) is 23.5 Å². The molecule has 7 heteroatoms. The largest absolute Gasteiger partial charge is 0.368 e. The van der Waals surface area contributed by atoms with E-state index in [1.807, 2.05) is 22.9 Å². The van der Waals surface area contributed by atoms with Crippen LogP contribution >= 0.6 is 0 Å². The normalized spacial score (nSPS) is 21.2. The lowest BCUT2D eigenvalue weighted by Gasteiger charge is -2.07. The summed E-state index contributed by atoms with van der Waals surface area (Å²) >= 11 is 0. The van der Waals surface area contributed by atoms with Crippen LogP contribution in [0.2, 0.25) is 0 Å². The van der Waals surface area contributed by atoms with Gasteiger partial charge in [-0.1, -0.05) is 5.16 Å². The molecule has 0 bridgehead atoms. The van der Waals surface area contributed by atoms with Gasteiger partial charge in [-0.3, -0.25) is 4.79 Å². The lowest BCUT2D eigenvalue weighted by atomic mass is 10.2. The van der Waals surface area contributed by atoms with Crippen molar-refractivity contribution in [2.45, 2.75) is 44.4 Å². The Kier molecular flexibility index (Phi) is 3.42. The number of carbonyl (C=O) groups is 1. The zero-order valence-corrected chi connectivity index (χ0v) is 12.2. The van der Waals surface area contributed by atoms with Gasteiger partial charge in [0.15, 0.2) is 5.82 Å². The predicted octanol–water partition coefficient (Wildman–Crippen LogP) is 1.99. The van der Waals surface area contributed by atoms with Gasteiger partial charge in [0.05, 0.1) is 6.54 Å². The van der Waals surface area contributed by atoms with Gasteiger partial charge < -0.3 is 19.1 Å². The third-order valence-electron chi connectivity index (χ3n) is 4.05. The van der Waals surface area contributed by atoms with E-state index in [9.17, 15) is 4.79 Å². The Hall–Kier alpha value is -2.15. The summed E-state index contributed by atoms with van der Waals surface area (Å²) in [6.45, 7) is 0.988. The number of rotatable bonds is 5. The monoisotopic (exact) mass is 302 g/mol. The fraction of sp³-hybridized carbons (Fsp3) is 0.533. The molecule has 0 aromatic carbocycles. The number of carbonyl (C=O) groups excluding carboxylic acids is 1. The van der Waals surface area contributed by atoms with E-state index in [1.54, 1.807) is 0 Å². The molecule has 1 saturated heterocycles. The molecule has 2 aliphatic rings. The Labute approximate surface area is 127 Å². The molecule has 1 aliphatic heterocycles. The van der Waals surface area contributed by atoms with Crippen molar-refractivity contribution in [1.82, 2.24) is 20.0 Å². The highest BCUT2D eigenvalue weighted by Crippen LogP contribution is 2.36. The number of aromatic nitrogens is 3. The fourth-order valence-corrected chi connectivity index (χ4v) is 2.75. The van der Waals surface area contributed by atoms with Gasteiger partial charge in [0, 0.05) is 18.8 Å². The van der Waals surface area contributed by atoms with Gasteiger partial charge >= 0.3 is 0 Å². The average Bonchev–Trinajstić information content (AvgIpc) is 3.02. The predicted molar refractivity (Wildman–Crippen MR) is 76.1 cm³/mol. The van der Waals surface area contributed by atoms with Crippen LogP contribution in [-0.2, 0) is 11.3 Å². The summed E-state index contributed by atoms with van der Waals surface area (Å²) in [7, 11) is 0. The fourth-order valence-electron chi connectivity index (χ4n) is 2.75. The van der Waals surface area contributed by atoms with Crippen LogP contribution in [0.15, 0.2) is 22.9 Å². The van der Waals surface area contributed by atoms with Crippen LogP contribution in [0.25, 0.3) is 0 Å². The summed E-state index contributed by atoms with van der Waals surface area (Å²) in [5.41, 5.74) is 0.686. The Morgan fingerprint density at radius 1 is 1.41 bits per heavy atom. The molecule has 3 heterocycles. The molecule has 116 valence electrons. The van der Waals surface area contributed by atoms with E-state index in [1.165, 1.54) is 0 Å². The van der Waals surface area contributed by atoms with Crippen LogP contribution in [0.5, 0.6) is 0 Å². The van der Waals surface area contributed by atoms with Crippen molar-refractivity contribution in [2.24, 2.45) is 0 Å². The van der Waals surface area contributed by atoms with Gasteiger partial charge in [-0.2, -0.15) is 4.98 Å². The Balaban J connectivity index is 1.37. The molecule has 0 radical (unpaired) electrons. The summed E-state index contributed by atoms with van der Waals surface area (Å²) in [4.78, 5) is 16.5. The lowest BCUT2D eigenvalue weighted by Crippen LogP contribution is -2.25. The van der Waals surface area contributed by atoms with Gasteiger partial charge in [0.1, 0.15) is 11.8 Å². The van der Waals surface area contributed by atoms with Crippen LogP contribution < -0.4 is 5.32 Å². The smallest absolute Gasteiger partial charge is 0.268 e. The van der Waals surface area contributed by atoms with Crippen molar-refractivity contribution >= 4 is 5.91 Å². The van der Waals surface area contributed by atoms with Crippen LogP contribution in [0.1, 0.15) is 60.0 Å². The topological polar surface area (TPSA) is 82.2 Å². The summed E-state index contributed by atoms with van der Waals surface area (Å²) in [5.74, 6) is 0.867. The number of ether oxygens (including phenoxy) is 1. The first-order valence-electron chi connectivity index (χ1n) is 7.70. The van der Waals surface area contributed by atoms with Crippen LogP contribution in [0.4, 0.5) is 0 Å². The third kappa shape index (κ3) is 2.64. The minimum Gasteiger partial charge on any atom is -0.368 e. The van der Waals surface area contributed by atoms with Crippen molar-refractivity contribution < 1.29 is 14.1 Å². The van der Waals surface area contributed by atoms with E-state index >= 15 is 0 Å². The molecule has 2 aromatic rings. The van der Waals surface area contributed by atoms with Gasteiger partial charge in [-0.25, -0.2) is 0 Å². The standard InChI is InChI=1S/C15H18N4O3/c20-14(11-3-1-7-19(11)10-5-6-10)16-9-13-17-15(22-18-13)12-4-2-8-21-12/h1,3,7,10,12H,2,4-6,8-9H2,(H,16,20). The first-order valence-corrected chi connectivity index (χ1v) is 7.70. The zero-order chi connectivity index (χ0) is 14.9. The molecule has 1 aliphatic carbocycles. The van der Waals surface area contributed by atoms with Crippen LogP contribution in [0, 0.1) is 0 Å². The summed E-state index contributed by atoms with van der Waals surface area (Å²) in [5, 5.41) is 6.74. The van der Waals surface area contributed by atoms with Crippen molar-refractivity contribution in [1.29, 1.82) is 0 Å². The molecule has 4 rings (SSSR count). The van der Waals surface area contributed by atoms with Crippen molar-refractivity contribution in [3.05, 3.63) is 35.7 Å². The quantitative estimate of drug-likeness (QED) is 0.913. The highest BCUT2D eigenvalue weighted by Gasteiger charge is 2.27. The minimum absolute atomic E-state index is 0.0935. The third-order valence-corrected chi connectivity index (χ3v) is 4.05. The number of nitrogens with zero attached hydrogens (tertiary/aromatic N) is 3. The number of hydrogen-bond acceptors (Lipinski definition) is 5. The second kappa shape index (κ2) is 5.57. The van der Waals surface area contributed by atoms with Crippen molar-refractivity contribution in [3.63, 3.8) is 0 Å². The SMILES string of the molecule is O=C(NCc1noc(C2CCCO2)n1)c1cccn1C1CC1. The molecular weight excluding hydrogens is 284 g/mol. The van der Waals surface area contributed by atoms with Crippen molar-refractivity contribution in [3.8, 4) is 0 Å². The molecule has 1 saturated carbocycles. The highest BCUT2D eigenvalue weighted by molar-refractivity contribution is 5.92. The second-order valence-electron chi connectivity index (χ2n) is 5.77.